The van der Waals surface area contributed by atoms with Crippen LogP contribution in [0, 0.1) is 0 Å². The van der Waals surface area contributed by atoms with Crippen molar-refractivity contribution in [2.75, 3.05) is 0 Å². The van der Waals surface area contributed by atoms with Crippen LogP contribution >= 0.6 is 0 Å². The van der Waals surface area contributed by atoms with E-state index in [1.165, 1.54) is 16.2 Å². The van der Waals surface area contributed by atoms with Crippen LogP contribution in [0.15, 0.2) is 78.9 Å². The van der Waals surface area contributed by atoms with Crippen LogP contribution in [0.2, 0.25) is 0 Å². The summed E-state index contributed by atoms with van der Waals surface area (Å²) < 4.78 is 5.49. The summed E-state index contributed by atoms with van der Waals surface area (Å²) in [6.07, 6.45) is 0. The topological polar surface area (TPSA) is 26.3 Å². The number of fused-ring (bicyclic) bond motifs is 3. The molecule has 0 unspecified atom stereocenters. The van der Waals surface area contributed by atoms with Crippen molar-refractivity contribution in [1.82, 2.24) is 0 Å². The summed E-state index contributed by atoms with van der Waals surface area (Å²) in [5, 5.41) is 6.68. The van der Waals surface area contributed by atoms with Gasteiger partial charge in [0.05, 0.1) is 0 Å². The minimum atomic E-state index is -0.402. The molecule has 0 heterocycles. The predicted octanol–water partition coefficient (Wildman–Crippen LogP) is 5.63. The molecule has 2 heteroatoms. The van der Waals surface area contributed by atoms with Gasteiger partial charge in [-0.05, 0) is 64.2 Å². The fourth-order valence-corrected chi connectivity index (χ4v) is 2.97. The Balaban J connectivity index is 1.96. The Bertz CT molecular complexity index is 1120. The van der Waals surface area contributed by atoms with Crippen molar-refractivity contribution in [1.29, 1.82) is 0 Å². The van der Waals surface area contributed by atoms with Gasteiger partial charge in [-0.15, -0.1) is 0 Å². The van der Waals surface area contributed by atoms with Crippen molar-refractivity contribution >= 4 is 38.3 Å². The van der Waals surface area contributed by atoms with E-state index in [0.29, 0.717) is 11.3 Å². The average Bonchev–Trinajstić information content (AvgIpc) is 2.58. The van der Waals surface area contributed by atoms with Crippen molar-refractivity contribution in [3.63, 3.8) is 0 Å². The van der Waals surface area contributed by atoms with E-state index in [-0.39, 0.29) is 0 Å². The van der Waals surface area contributed by atoms with Crippen LogP contribution in [0.3, 0.4) is 0 Å². The highest BCUT2D eigenvalue weighted by Gasteiger charge is 2.10. The standard InChI is InChI=1S/C22H16O2/c1-14(2)22(23)24-21-9-5-8-17-12-18-10-15-6-3-4-7-16(15)11-19(18)13-20(17)21/h3-13H,1H2,2H3. The van der Waals surface area contributed by atoms with E-state index < -0.39 is 5.97 Å². The highest BCUT2D eigenvalue weighted by Crippen LogP contribution is 2.32. The van der Waals surface area contributed by atoms with Gasteiger partial charge in [-0.25, -0.2) is 4.79 Å². The van der Waals surface area contributed by atoms with Crippen LogP contribution in [-0.4, -0.2) is 5.97 Å². The summed E-state index contributed by atoms with van der Waals surface area (Å²) in [5.41, 5.74) is 0.388. The zero-order chi connectivity index (χ0) is 16.7. The van der Waals surface area contributed by atoms with Gasteiger partial charge < -0.3 is 4.74 Å². The van der Waals surface area contributed by atoms with Gasteiger partial charge in [-0.2, -0.15) is 0 Å². The van der Waals surface area contributed by atoms with Gasteiger partial charge >= 0.3 is 5.97 Å². The van der Waals surface area contributed by atoms with Crippen LogP contribution < -0.4 is 4.74 Å². The molecule has 0 atom stereocenters. The molecule has 0 bridgehead atoms. The van der Waals surface area contributed by atoms with E-state index in [1.54, 1.807) is 6.92 Å². The third-order valence-corrected chi connectivity index (χ3v) is 4.21. The minimum absolute atomic E-state index is 0.388. The maximum absolute atomic E-state index is 11.9. The molecule has 2 nitrogen and oxygen atoms in total. The van der Waals surface area contributed by atoms with Gasteiger partial charge in [-0.3, -0.25) is 0 Å². The van der Waals surface area contributed by atoms with Gasteiger partial charge in [0, 0.05) is 11.0 Å². The Kier molecular flexibility index (Phi) is 3.31. The van der Waals surface area contributed by atoms with Gasteiger partial charge in [-0.1, -0.05) is 43.0 Å². The molecule has 0 aliphatic heterocycles. The molecule has 0 saturated carbocycles. The quantitative estimate of drug-likeness (QED) is 0.207. The number of rotatable bonds is 2. The molecule has 24 heavy (non-hydrogen) atoms. The number of ether oxygens (including phenoxy) is 1. The highest BCUT2D eigenvalue weighted by molar-refractivity contribution is 6.06. The molecule has 0 aliphatic rings. The Morgan fingerprint density at radius 3 is 2.04 bits per heavy atom. The molecule has 0 spiro atoms. The normalized spacial score (nSPS) is 11.0. The van der Waals surface area contributed by atoms with Crippen molar-refractivity contribution in [3.8, 4) is 5.75 Å². The number of hydrogen-bond donors (Lipinski definition) is 0. The largest absolute Gasteiger partial charge is 0.423 e. The van der Waals surface area contributed by atoms with Crippen LogP contribution in [0.4, 0.5) is 0 Å². The molecule has 0 saturated heterocycles. The van der Waals surface area contributed by atoms with Gasteiger partial charge in [0.2, 0.25) is 0 Å². The first-order chi connectivity index (χ1) is 11.6. The lowest BCUT2D eigenvalue weighted by Gasteiger charge is -2.10. The summed E-state index contributed by atoms with van der Waals surface area (Å²) in [5.74, 6) is 0.164. The van der Waals surface area contributed by atoms with Crippen molar-refractivity contribution in [2.24, 2.45) is 0 Å². The number of esters is 1. The van der Waals surface area contributed by atoms with Crippen molar-refractivity contribution < 1.29 is 9.53 Å². The minimum Gasteiger partial charge on any atom is -0.423 e. The maximum atomic E-state index is 11.9. The Hall–Kier alpha value is -3.13. The molecule has 0 fully saturated rings. The molecule has 4 aromatic carbocycles. The van der Waals surface area contributed by atoms with E-state index in [2.05, 4.69) is 43.0 Å². The zero-order valence-electron chi connectivity index (χ0n) is 13.4. The molecule has 4 rings (SSSR count). The van der Waals surface area contributed by atoms with Gasteiger partial charge in [0.15, 0.2) is 0 Å². The Labute approximate surface area is 140 Å². The monoisotopic (exact) mass is 312 g/mol. The molecule has 0 N–H and O–H groups in total. The number of carbonyl (C=O) groups is 1. The first-order valence-corrected chi connectivity index (χ1v) is 7.85. The molecule has 0 radical (unpaired) electrons. The summed E-state index contributed by atoms with van der Waals surface area (Å²) in [7, 11) is 0. The summed E-state index contributed by atoms with van der Waals surface area (Å²) >= 11 is 0. The third-order valence-electron chi connectivity index (χ3n) is 4.21. The summed E-state index contributed by atoms with van der Waals surface area (Å²) in [4.78, 5) is 11.9. The van der Waals surface area contributed by atoms with Gasteiger partial charge in [0.25, 0.3) is 0 Å². The maximum Gasteiger partial charge on any atom is 0.338 e. The lowest BCUT2D eigenvalue weighted by Crippen LogP contribution is -2.08. The zero-order valence-corrected chi connectivity index (χ0v) is 13.4. The van der Waals surface area contributed by atoms with E-state index in [1.807, 2.05) is 30.3 Å². The summed E-state index contributed by atoms with van der Waals surface area (Å²) in [6, 6.07) is 22.6. The van der Waals surface area contributed by atoms with Crippen LogP contribution in [0.1, 0.15) is 6.92 Å². The first-order valence-electron chi connectivity index (χ1n) is 7.85. The van der Waals surface area contributed by atoms with E-state index in [4.69, 9.17) is 4.74 Å². The SMILES string of the molecule is C=C(C)C(=O)Oc1cccc2cc3cc4ccccc4cc3cc12. The summed E-state index contributed by atoms with van der Waals surface area (Å²) in [6.45, 7) is 5.29. The fraction of sp³-hybridized carbons (Fsp3) is 0.0455. The van der Waals surface area contributed by atoms with Crippen LogP contribution in [0.5, 0.6) is 5.75 Å². The first kappa shape index (κ1) is 14.5. The fourth-order valence-electron chi connectivity index (χ4n) is 2.97. The second-order valence-electron chi connectivity index (χ2n) is 6.05. The van der Waals surface area contributed by atoms with Crippen molar-refractivity contribution in [2.45, 2.75) is 6.92 Å². The second kappa shape index (κ2) is 5.50. The molecule has 0 aliphatic carbocycles. The molecular weight excluding hydrogens is 296 g/mol. The Morgan fingerprint density at radius 2 is 1.38 bits per heavy atom. The second-order valence-corrected chi connectivity index (χ2v) is 6.05. The van der Waals surface area contributed by atoms with Gasteiger partial charge in [0.1, 0.15) is 5.75 Å². The van der Waals surface area contributed by atoms with Crippen LogP contribution in [-0.2, 0) is 4.79 Å². The third kappa shape index (κ3) is 2.42. The van der Waals surface area contributed by atoms with Crippen LogP contribution in [0.25, 0.3) is 32.3 Å². The average molecular weight is 312 g/mol. The molecular formula is C22H16O2. The van der Waals surface area contributed by atoms with E-state index in [0.717, 1.165) is 16.2 Å². The number of hydrogen-bond acceptors (Lipinski definition) is 2. The molecule has 0 aromatic heterocycles. The molecule has 0 amide bonds. The molecule has 116 valence electrons. The smallest absolute Gasteiger partial charge is 0.338 e. The van der Waals surface area contributed by atoms with E-state index >= 15 is 0 Å². The molecule has 4 aromatic rings. The predicted molar refractivity (Wildman–Crippen MR) is 99.4 cm³/mol. The number of benzene rings is 4. The van der Waals surface area contributed by atoms with E-state index in [9.17, 15) is 4.79 Å². The highest BCUT2D eigenvalue weighted by atomic mass is 16.5. The lowest BCUT2D eigenvalue weighted by atomic mass is 9.99. The Morgan fingerprint density at radius 1 is 0.792 bits per heavy atom. The number of carbonyl (C=O) groups excluding carboxylic acids is 1. The van der Waals surface area contributed by atoms with Crippen molar-refractivity contribution in [3.05, 3.63) is 78.9 Å². The lowest BCUT2D eigenvalue weighted by molar-refractivity contribution is -0.129.